The van der Waals surface area contributed by atoms with Gasteiger partial charge in [0.05, 0.1) is 42.8 Å². The minimum atomic E-state index is -1.75. The van der Waals surface area contributed by atoms with E-state index in [1.54, 1.807) is 60.7 Å². The fourth-order valence-corrected chi connectivity index (χ4v) is 7.02. The van der Waals surface area contributed by atoms with Gasteiger partial charge < -0.3 is 40.9 Å². The number of aromatic nitrogens is 2. The van der Waals surface area contributed by atoms with Gasteiger partial charge in [-0.25, -0.2) is 18.4 Å². The number of fused-ring (bicyclic) bond motifs is 4. The number of hydrogen-bond donors (Lipinski definition) is 2. The number of carbonyl (C=O) groups is 2. The van der Waals surface area contributed by atoms with Gasteiger partial charge in [-0.2, -0.15) is 9.13 Å². The molecule has 8 rings (SSSR count). The first-order chi connectivity index (χ1) is 27.7. The molecule has 16 heteroatoms. The van der Waals surface area contributed by atoms with Gasteiger partial charge in [0.15, 0.2) is 13.1 Å². The Labute approximate surface area is 325 Å². The number of benzene rings is 6. The van der Waals surface area contributed by atoms with E-state index in [0.29, 0.717) is 24.1 Å². The second-order valence-electron chi connectivity index (χ2n) is 12.7. The maximum atomic E-state index is 15.2. The smallest absolute Gasteiger partial charge is 0.335 e. The molecule has 0 aliphatic rings. The highest BCUT2D eigenvalue weighted by atomic mass is 19.1. The SMILES string of the molecule is O=C(O)c1ccc(C[n+]2c3ccccc3c(-c3c4ccccc4[n+](Cc4ccc(C(=O)O)cc4)c4cc(F)ccc34)c3ccc(F)cc32)cc1.O=[N+]([O-])[O-].O=[N+]([O-])[O-]. The van der Waals surface area contributed by atoms with Gasteiger partial charge in [-0.1, -0.05) is 48.5 Å². The van der Waals surface area contributed by atoms with E-state index < -0.39 is 33.7 Å². The number of hydrogen-bond acceptors (Lipinski definition) is 8. The van der Waals surface area contributed by atoms with Gasteiger partial charge in [-0.15, -0.1) is 0 Å². The number of halogens is 2. The molecule has 2 aromatic heterocycles. The Kier molecular flexibility index (Phi) is 11.4. The van der Waals surface area contributed by atoms with E-state index in [1.165, 1.54) is 24.3 Å². The van der Waals surface area contributed by atoms with E-state index in [1.807, 2.05) is 57.7 Å². The van der Waals surface area contributed by atoms with Gasteiger partial charge in [0.25, 0.3) is 0 Å². The van der Waals surface area contributed by atoms with Crippen LogP contribution in [0.5, 0.6) is 0 Å². The molecule has 290 valence electrons. The van der Waals surface area contributed by atoms with Crippen LogP contribution in [-0.2, 0) is 13.1 Å². The zero-order valence-electron chi connectivity index (χ0n) is 29.8. The number of carboxylic acids is 2. The Bertz CT molecular complexity index is 2700. The number of rotatable bonds is 7. The maximum absolute atomic E-state index is 15.2. The Morgan fingerprint density at radius 1 is 0.483 bits per heavy atom. The van der Waals surface area contributed by atoms with E-state index in [0.717, 1.165) is 54.8 Å². The second kappa shape index (κ2) is 16.7. The van der Waals surface area contributed by atoms with Gasteiger partial charge in [-0.3, -0.25) is 0 Å². The highest BCUT2D eigenvalue weighted by Crippen LogP contribution is 2.41. The average Bonchev–Trinajstić information content (AvgIpc) is 3.18. The van der Waals surface area contributed by atoms with E-state index in [2.05, 4.69) is 0 Å². The second-order valence-corrected chi connectivity index (χ2v) is 12.7. The first-order valence-corrected chi connectivity index (χ1v) is 17.1. The summed E-state index contributed by atoms with van der Waals surface area (Å²) >= 11 is 0. The molecule has 0 aliphatic heterocycles. The molecule has 6 aromatic carbocycles. The van der Waals surface area contributed by atoms with Crippen LogP contribution in [0.25, 0.3) is 54.7 Å². The third kappa shape index (κ3) is 8.40. The molecule has 0 aliphatic carbocycles. The van der Waals surface area contributed by atoms with Crippen LogP contribution in [0.15, 0.2) is 133 Å². The number of aromatic carboxylic acids is 2. The molecule has 0 radical (unpaired) electrons. The van der Waals surface area contributed by atoms with Crippen LogP contribution in [0.2, 0.25) is 0 Å². The average molecular weight is 787 g/mol. The van der Waals surface area contributed by atoms with Crippen LogP contribution < -0.4 is 9.13 Å². The summed E-state index contributed by atoms with van der Waals surface area (Å²) in [6.45, 7) is 0.728. The highest BCUT2D eigenvalue weighted by Gasteiger charge is 2.28. The van der Waals surface area contributed by atoms with Crippen molar-refractivity contribution in [3.05, 3.63) is 198 Å². The predicted octanol–water partition coefficient (Wildman–Crippen LogP) is 7.83. The fourth-order valence-electron chi connectivity index (χ4n) is 7.02. The van der Waals surface area contributed by atoms with E-state index >= 15 is 8.78 Å². The monoisotopic (exact) mass is 786 g/mol. The highest BCUT2D eigenvalue weighted by molar-refractivity contribution is 6.18. The lowest BCUT2D eigenvalue weighted by atomic mass is 9.89. The summed E-state index contributed by atoms with van der Waals surface area (Å²) in [6.07, 6.45) is 0. The summed E-state index contributed by atoms with van der Waals surface area (Å²) in [4.78, 5) is 39.5. The normalized spacial score (nSPS) is 10.7. The minimum absolute atomic E-state index is 0.184. The van der Waals surface area contributed by atoms with Gasteiger partial charge in [0.1, 0.15) is 11.6 Å². The van der Waals surface area contributed by atoms with Crippen molar-refractivity contribution in [3.63, 3.8) is 0 Å². The Morgan fingerprint density at radius 3 is 1.12 bits per heavy atom. The van der Waals surface area contributed by atoms with Crippen LogP contribution >= 0.6 is 0 Å². The first kappa shape index (κ1) is 39.6. The molecular weight excluding hydrogens is 758 g/mol. The molecule has 2 N–H and O–H groups in total. The van der Waals surface area contributed by atoms with Crippen molar-refractivity contribution >= 4 is 55.6 Å². The molecule has 0 saturated carbocycles. The third-order valence-corrected chi connectivity index (χ3v) is 9.30. The number of nitrogens with zero attached hydrogens (tertiary/aromatic N) is 4. The van der Waals surface area contributed by atoms with Crippen LogP contribution in [0, 0.1) is 42.3 Å². The summed E-state index contributed by atoms with van der Waals surface area (Å²) in [6, 6.07) is 38.7. The van der Waals surface area contributed by atoms with Crippen molar-refractivity contribution in [1.82, 2.24) is 0 Å². The van der Waals surface area contributed by atoms with Crippen LogP contribution in [0.3, 0.4) is 0 Å². The number of carboxylic acid groups (broad SMARTS) is 2. The van der Waals surface area contributed by atoms with Crippen molar-refractivity contribution in [1.29, 1.82) is 0 Å². The minimum Gasteiger partial charge on any atom is -0.478 e. The summed E-state index contributed by atoms with van der Waals surface area (Å²) in [5, 5.41) is 51.7. The lowest BCUT2D eigenvalue weighted by molar-refractivity contribution is -0.636. The quantitative estimate of drug-likeness (QED) is 0.0691. The molecule has 58 heavy (non-hydrogen) atoms. The molecular formula is C42H28F2N4O10. The molecule has 0 spiro atoms. The molecule has 0 bridgehead atoms. The summed E-state index contributed by atoms with van der Waals surface area (Å²) in [7, 11) is 0. The van der Waals surface area contributed by atoms with Gasteiger partial charge in [-0.05, 0) is 60.7 Å². The topological polar surface area (TPSA) is 215 Å². The van der Waals surface area contributed by atoms with Crippen molar-refractivity contribution in [2.75, 3.05) is 0 Å². The van der Waals surface area contributed by atoms with Crippen molar-refractivity contribution in [2.45, 2.75) is 13.1 Å². The van der Waals surface area contributed by atoms with Gasteiger partial charge in [0, 0.05) is 46.5 Å². The Balaban J connectivity index is 0.000000651. The van der Waals surface area contributed by atoms with E-state index in [4.69, 9.17) is 30.6 Å². The van der Waals surface area contributed by atoms with Crippen LogP contribution in [0.4, 0.5) is 8.78 Å². The van der Waals surface area contributed by atoms with Crippen molar-refractivity contribution < 1.29 is 47.9 Å². The molecule has 8 aromatic rings. The zero-order valence-corrected chi connectivity index (χ0v) is 29.8. The Hall–Kier alpha value is -8.14. The standard InChI is InChI=1S/C42H26F2N2O4.2NO3/c43-29-17-19-33-37(21-29)45(23-25-9-13-27(14-10-25)41(47)48)35-7-3-1-5-31(35)39(33)40-32-6-2-4-8-36(32)46(38-22-30(44)18-20-34(38)40)24-26-11-15-28(16-12-26)42(49)50;2*2-1(3)4/h1-22H,23-24H2;;/q;2*-1/p+2. The fraction of sp³-hybridized carbons (Fsp3) is 0.0476. The molecule has 0 unspecified atom stereocenters. The molecule has 0 atom stereocenters. The lowest BCUT2D eigenvalue weighted by Gasteiger charge is -2.17. The van der Waals surface area contributed by atoms with Gasteiger partial charge in [0.2, 0.25) is 22.1 Å². The summed E-state index contributed by atoms with van der Waals surface area (Å²) in [5.41, 5.74) is 6.81. The van der Waals surface area contributed by atoms with E-state index in [-0.39, 0.29) is 11.1 Å². The number of para-hydroxylation sites is 2. The van der Waals surface area contributed by atoms with Crippen molar-refractivity contribution in [2.24, 2.45) is 0 Å². The number of pyridine rings is 2. The largest absolute Gasteiger partial charge is 0.478 e. The van der Waals surface area contributed by atoms with Crippen molar-refractivity contribution in [3.8, 4) is 11.1 Å². The summed E-state index contributed by atoms with van der Waals surface area (Å²) < 4.78 is 34.4. The molecule has 14 nitrogen and oxygen atoms in total. The third-order valence-electron chi connectivity index (χ3n) is 9.30. The summed E-state index contributed by atoms with van der Waals surface area (Å²) in [5.74, 6) is -2.81. The van der Waals surface area contributed by atoms with Crippen LogP contribution in [-0.4, -0.2) is 32.3 Å². The molecule has 0 fully saturated rings. The lowest BCUT2D eigenvalue weighted by Crippen LogP contribution is -2.37. The van der Waals surface area contributed by atoms with Crippen LogP contribution in [0.1, 0.15) is 31.8 Å². The maximum Gasteiger partial charge on any atom is 0.335 e. The first-order valence-electron chi connectivity index (χ1n) is 17.1. The molecule has 2 heterocycles. The Morgan fingerprint density at radius 2 is 0.793 bits per heavy atom. The molecule has 0 saturated heterocycles. The predicted molar refractivity (Wildman–Crippen MR) is 208 cm³/mol. The zero-order chi connectivity index (χ0) is 41.7. The van der Waals surface area contributed by atoms with Gasteiger partial charge >= 0.3 is 11.9 Å². The van der Waals surface area contributed by atoms with E-state index in [9.17, 15) is 19.8 Å². The molecule has 0 amide bonds.